The van der Waals surface area contributed by atoms with E-state index >= 15 is 0 Å². The molecular formula is C57H107NO5. The topological polar surface area (TPSA) is 95.9 Å². The highest BCUT2D eigenvalue weighted by Crippen LogP contribution is 2.17. The minimum Gasteiger partial charge on any atom is -0.458 e. The van der Waals surface area contributed by atoms with Crippen molar-refractivity contribution in [3.63, 3.8) is 0 Å². The zero-order valence-electron chi connectivity index (χ0n) is 42.2. The van der Waals surface area contributed by atoms with Gasteiger partial charge in [-0.3, -0.25) is 9.59 Å². The molecule has 0 fully saturated rings. The Labute approximate surface area is 392 Å². The summed E-state index contributed by atoms with van der Waals surface area (Å²) in [5, 5.41) is 23.8. The van der Waals surface area contributed by atoms with Crippen LogP contribution in [0.1, 0.15) is 290 Å². The molecule has 0 rings (SSSR count). The maximum atomic E-state index is 13.2. The molecule has 0 spiro atoms. The molecule has 0 aromatic heterocycles. The van der Waals surface area contributed by atoms with Crippen molar-refractivity contribution >= 4 is 11.9 Å². The van der Waals surface area contributed by atoms with Crippen LogP contribution in [0.15, 0.2) is 36.5 Å². The van der Waals surface area contributed by atoms with E-state index in [0.29, 0.717) is 12.8 Å². The van der Waals surface area contributed by atoms with E-state index in [1.807, 2.05) is 12.2 Å². The molecule has 0 aromatic rings. The first-order valence-electron chi connectivity index (χ1n) is 27.7. The normalized spacial score (nSPS) is 13.4. The summed E-state index contributed by atoms with van der Waals surface area (Å²) in [6.07, 6.45) is 61.0. The first kappa shape index (κ1) is 61.1. The van der Waals surface area contributed by atoms with Crippen LogP contribution in [0, 0.1) is 0 Å². The van der Waals surface area contributed by atoms with Gasteiger partial charge in [0.05, 0.1) is 25.2 Å². The Hall–Kier alpha value is -1.92. The number of carbonyl (C=O) groups is 2. The van der Waals surface area contributed by atoms with E-state index in [2.05, 4.69) is 50.4 Å². The van der Waals surface area contributed by atoms with Gasteiger partial charge in [0.25, 0.3) is 0 Å². The van der Waals surface area contributed by atoms with Gasteiger partial charge in [0, 0.05) is 6.42 Å². The number of unbranched alkanes of at least 4 members (excludes halogenated alkanes) is 34. The van der Waals surface area contributed by atoms with E-state index in [9.17, 15) is 19.8 Å². The summed E-state index contributed by atoms with van der Waals surface area (Å²) in [4.78, 5) is 26.1. The highest BCUT2D eigenvalue weighted by Gasteiger charge is 2.23. The molecule has 0 aliphatic heterocycles. The minimum absolute atomic E-state index is 0.0292. The van der Waals surface area contributed by atoms with Gasteiger partial charge in [0.1, 0.15) is 6.10 Å². The van der Waals surface area contributed by atoms with Gasteiger partial charge in [-0.05, 0) is 63.9 Å². The van der Waals surface area contributed by atoms with Crippen LogP contribution in [0.5, 0.6) is 0 Å². The van der Waals surface area contributed by atoms with Crippen LogP contribution in [0.4, 0.5) is 0 Å². The molecule has 6 heteroatoms. The summed E-state index contributed by atoms with van der Waals surface area (Å²) in [7, 11) is 0. The maximum absolute atomic E-state index is 13.2. The fourth-order valence-corrected chi connectivity index (χ4v) is 8.45. The van der Waals surface area contributed by atoms with Crippen LogP contribution in [-0.2, 0) is 14.3 Å². The van der Waals surface area contributed by atoms with Crippen molar-refractivity contribution in [3.8, 4) is 0 Å². The van der Waals surface area contributed by atoms with Crippen molar-refractivity contribution in [1.29, 1.82) is 0 Å². The molecule has 0 bridgehead atoms. The van der Waals surface area contributed by atoms with Crippen molar-refractivity contribution in [2.24, 2.45) is 0 Å². The van der Waals surface area contributed by atoms with E-state index in [-0.39, 0.29) is 24.9 Å². The van der Waals surface area contributed by atoms with Crippen LogP contribution in [0.25, 0.3) is 0 Å². The Balaban J connectivity index is 4.53. The summed E-state index contributed by atoms with van der Waals surface area (Å²) < 4.78 is 5.84. The lowest BCUT2D eigenvalue weighted by molar-refractivity contribution is -0.148. The monoisotopic (exact) mass is 886 g/mol. The predicted molar refractivity (Wildman–Crippen MR) is 273 cm³/mol. The third kappa shape index (κ3) is 46.4. The number of allylic oxidation sites excluding steroid dienone is 5. The molecule has 370 valence electrons. The Morgan fingerprint density at radius 2 is 0.841 bits per heavy atom. The smallest absolute Gasteiger partial charge is 0.306 e. The lowest BCUT2D eigenvalue weighted by Gasteiger charge is -2.23. The molecule has 0 aromatic carbocycles. The van der Waals surface area contributed by atoms with E-state index in [0.717, 1.165) is 57.8 Å². The average molecular weight is 886 g/mol. The lowest BCUT2D eigenvalue weighted by atomic mass is 10.0. The standard InChI is InChI=1S/C57H107NO5/c1-4-7-10-13-16-19-22-24-26-27-28-30-32-35-38-41-44-47-50-57(62)63-53(48-45-42-39-36-33-21-18-15-12-9-6-3)51-56(61)58-54(52-59)55(60)49-46-43-40-37-34-31-29-25-23-20-17-14-11-8-5-2/h28,30,36,39,45,48,53-55,59-60H,4-27,29,31-35,37-38,40-44,46-47,49-52H2,1-3H3,(H,58,61)/b30-28+,39-36-,48-45+. The van der Waals surface area contributed by atoms with Gasteiger partial charge < -0.3 is 20.3 Å². The average Bonchev–Trinajstić information content (AvgIpc) is 3.28. The summed E-state index contributed by atoms with van der Waals surface area (Å²) in [6.45, 7) is 6.47. The first-order valence-corrected chi connectivity index (χ1v) is 27.7. The number of nitrogens with one attached hydrogen (secondary N) is 1. The summed E-state index contributed by atoms with van der Waals surface area (Å²) in [6, 6.07) is -0.732. The zero-order chi connectivity index (χ0) is 45.9. The van der Waals surface area contributed by atoms with Gasteiger partial charge in [-0.1, -0.05) is 250 Å². The van der Waals surface area contributed by atoms with Crippen molar-refractivity contribution in [2.75, 3.05) is 6.61 Å². The molecule has 63 heavy (non-hydrogen) atoms. The van der Waals surface area contributed by atoms with Crippen molar-refractivity contribution < 1.29 is 24.5 Å². The van der Waals surface area contributed by atoms with Gasteiger partial charge in [-0.25, -0.2) is 0 Å². The van der Waals surface area contributed by atoms with E-state index in [1.165, 1.54) is 193 Å². The molecule has 6 nitrogen and oxygen atoms in total. The number of ether oxygens (including phenoxy) is 1. The van der Waals surface area contributed by atoms with Crippen molar-refractivity contribution in [2.45, 2.75) is 309 Å². The van der Waals surface area contributed by atoms with Gasteiger partial charge in [0.15, 0.2) is 0 Å². The molecule has 0 aliphatic rings. The summed E-state index contributed by atoms with van der Waals surface area (Å²) in [5.41, 5.74) is 0. The van der Waals surface area contributed by atoms with Gasteiger partial charge in [0.2, 0.25) is 5.91 Å². The second-order valence-corrected chi connectivity index (χ2v) is 19.0. The quantitative estimate of drug-likeness (QED) is 0.0321. The summed E-state index contributed by atoms with van der Waals surface area (Å²) in [5.74, 6) is -0.602. The molecule has 0 saturated carbocycles. The number of hydrogen-bond acceptors (Lipinski definition) is 5. The molecular weight excluding hydrogens is 779 g/mol. The third-order valence-electron chi connectivity index (χ3n) is 12.7. The SMILES string of the molecule is CCCCCCCC/C=C\C/C=C/C(CC(=O)NC(CO)C(O)CCCCCCCCCCCCCCCCC)OC(=O)CCCCCCC/C=C/CCCCCCCCCCC. The number of amides is 1. The Morgan fingerprint density at radius 3 is 1.25 bits per heavy atom. The molecule has 3 atom stereocenters. The molecule has 3 unspecified atom stereocenters. The Kier molecular flexibility index (Phi) is 49.5. The molecule has 0 heterocycles. The van der Waals surface area contributed by atoms with Crippen molar-refractivity contribution in [1.82, 2.24) is 5.32 Å². The van der Waals surface area contributed by atoms with Crippen LogP contribution in [-0.4, -0.2) is 46.9 Å². The van der Waals surface area contributed by atoms with Gasteiger partial charge in [-0.2, -0.15) is 0 Å². The number of aliphatic hydroxyl groups excluding tert-OH is 2. The lowest BCUT2D eigenvalue weighted by Crippen LogP contribution is -2.46. The number of esters is 1. The highest BCUT2D eigenvalue weighted by molar-refractivity contribution is 5.78. The second kappa shape index (κ2) is 51.1. The highest BCUT2D eigenvalue weighted by atomic mass is 16.5. The fraction of sp³-hybridized carbons (Fsp3) is 0.860. The van der Waals surface area contributed by atoms with Crippen molar-refractivity contribution in [3.05, 3.63) is 36.5 Å². The first-order chi connectivity index (χ1) is 31.0. The van der Waals surface area contributed by atoms with Crippen LogP contribution in [0.2, 0.25) is 0 Å². The second-order valence-electron chi connectivity index (χ2n) is 19.0. The van der Waals surface area contributed by atoms with Crippen LogP contribution < -0.4 is 5.32 Å². The maximum Gasteiger partial charge on any atom is 0.306 e. The molecule has 0 saturated heterocycles. The number of hydrogen-bond donors (Lipinski definition) is 3. The predicted octanol–water partition coefficient (Wildman–Crippen LogP) is 16.8. The minimum atomic E-state index is -0.810. The Morgan fingerprint density at radius 1 is 0.476 bits per heavy atom. The fourth-order valence-electron chi connectivity index (χ4n) is 8.45. The van der Waals surface area contributed by atoms with Crippen LogP contribution in [0.3, 0.4) is 0 Å². The van der Waals surface area contributed by atoms with E-state index in [1.54, 1.807) is 0 Å². The molecule has 0 aliphatic carbocycles. The molecule has 3 N–H and O–H groups in total. The number of rotatable bonds is 50. The number of aliphatic hydroxyl groups is 2. The van der Waals surface area contributed by atoms with E-state index < -0.39 is 18.2 Å². The molecule has 0 radical (unpaired) electrons. The zero-order valence-corrected chi connectivity index (χ0v) is 42.2. The molecule has 1 amide bonds. The van der Waals surface area contributed by atoms with E-state index in [4.69, 9.17) is 4.74 Å². The van der Waals surface area contributed by atoms with Gasteiger partial charge >= 0.3 is 5.97 Å². The van der Waals surface area contributed by atoms with Gasteiger partial charge in [-0.15, -0.1) is 0 Å². The number of carbonyl (C=O) groups excluding carboxylic acids is 2. The van der Waals surface area contributed by atoms with Crippen LogP contribution >= 0.6 is 0 Å². The summed E-state index contributed by atoms with van der Waals surface area (Å²) >= 11 is 0. The largest absolute Gasteiger partial charge is 0.458 e. The Bertz CT molecular complexity index is 1040. The third-order valence-corrected chi connectivity index (χ3v) is 12.7.